The Balaban J connectivity index is 1.68. The molecule has 0 atom stereocenters. The quantitative estimate of drug-likeness (QED) is 0.640. The van der Waals surface area contributed by atoms with Gasteiger partial charge in [-0.15, -0.1) is 0 Å². The van der Waals surface area contributed by atoms with Crippen molar-refractivity contribution >= 4 is 23.4 Å². The number of hydrogen-bond acceptors (Lipinski definition) is 5. The molecule has 6 nitrogen and oxygen atoms in total. The third-order valence-electron chi connectivity index (χ3n) is 4.28. The van der Waals surface area contributed by atoms with Crippen LogP contribution in [0.3, 0.4) is 0 Å². The highest BCUT2D eigenvalue weighted by Gasteiger charge is 2.10. The van der Waals surface area contributed by atoms with Crippen LogP contribution in [-0.2, 0) is 11.3 Å². The van der Waals surface area contributed by atoms with Gasteiger partial charge in [-0.1, -0.05) is 29.5 Å². The van der Waals surface area contributed by atoms with Crippen molar-refractivity contribution < 1.29 is 9.53 Å². The van der Waals surface area contributed by atoms with E-state index in [1.807, 2.05) is 24.3 Å². The number of nitrogens with one attached hydrogen (secondary N) is 1. The minimum Gasteiger partial charge on any atom is -0.383 e. The largest absolute Gasteiger partial charge is 0.383 e. The predicted molar refractivity (Wildman–Crippen MR) is 115 cm³/mol. The Labute approximate surface area is 173 Å². The molecule has 2 aromatic carbocycles. The first kappa shape index (κ1) is 20.8. The second kappa shape index (κ2) is 9.54. The molecule has 150 valence electrons. The summed E-state index contributed by atoms with van der Waals surface area (Å²) in [6.45, 7) is 4.82. The average Bonchev–Trinajstić information content (AvgIpc) is 2.71. The van der Waals surface area contributed by atoms with Crippen LogP contribution in [-0.4, -0.2) is 29.4 Å². The van der Waals surface area contributed by atoms with Gasteiger partial charge in [-0.3, -0.25) is 9.59 Å². The number of anilines is 1. The summed E-state index contributed by atoms with van der Waals surface area (Å²) in [4.78, 5) is 26.6. The van der Waals surface area contributed by atoms with Crippen molar-refractivity contribution in [3.05, 3.63) is 81.8 Å². The van der Waals surface area contributed by atoms with Gasteiger partial charge in [0.05, 0.1) is 13.2 Å². The number of amides is 1. The lowest BCUT2D eigenvalue weighted by molar-refractivity contribution is 0.101. The first-order valence-corrected chi connectivity index (χ1v) is 10.0. The van der Waals surface area contributed by atoms with Gasteiger partial charge >= 0.3 is 0 Å². The number of hydrogen-bond donors (Lipinski definition) is 1. The number of aromatic nitrogens is 2. The molecule has 0 aliphatic carbocycles. The van der Waals surface area contributed by atoms with Crippen LogP contribution in [0.25, 0.3) is 0 Å². The summed E-state index contributed by atoms with van der Waals surface area (Å²) in [7, 11) is 1.55. The number of aryl methyl sites for hydroxylation is 2. The summed E-state index contributed by atoms with van der Waals surface area (Å²) in [6, 6.07) is 16.8. The minimum absolute atomic E-state index is 0.175. The molecular formula is C22H23N3O3S. The predicted octanol–water partition coefficient (Wildman–Crippen LogP) is 3.91. The van der Waals surface area contributed by atoms with Gasteiger partial charge in [0.15, 0.2) is 0 Å². The van der Waals surface area contributed by atoms with Crippen molar-refractivity contribution in [3.8, 4) is 0 Å². The van der Waals surface area contributed by atoms with Gasteiger partial charge in [0.1, 0.15) is 5.69 Å². The van der Waals surface area contributed by atoms with E-state index in [-0.39, 0.29) is 17.2 Å². The van der Waals surface area contributed by atoms with Gasteiger partial charge in [-0.25, -0.2) is 4.68 Å². The summed E-state index contributed by atoms with van der Waals surface area (Å²) in [5.74, 6) is -0.369. The third-order valence-corrected chi connectivity index (χ3v) is 5.46. The average molecular weight is 410 g/mol. The van der Waals surface area contributed by atoms with Crippen LogP contribution in [0.15, 0.2) is 69.2 Å². The zero-order chi connectivity index (χ0) is 20.8. The van der Waals surface area contributed by atoms with E-state index in [2.05, 4.69) is 42.5 Å². The van der Waals surface area contributed by atoms with E-state index in [4.69, 9.17) is 4.74 Å². The number of benzene rings is 2. The molecule has 1 N–H and O–H groups in total. The molecular weight excluding hydrogens is 386 g/mol. The fraction of sp³-hybridized carbons (Fsp3) is 0.227. The zero-order valence-corrected chi connectivity index (χ0v) is 17.5. The molecule has 7 heteroatoms. The van der Waals surface area contributed by atoms with Gasteiger partial charge in [0, 0.05) is 28.7 Å². The van der Waals surface area contributed by atoms with E-state index < -0.39 is 0 Å². The first-order chi connectivity index (χ1) is 14.0. The monoisotopic (exact) mass is 409 g/mol. The van der Waals surface area contributed by atoms with Crippen molar-refractivity contribution in [1.82, 2.24) is 9.78 Å². The van der Waals surface area contributed by atoms with E-state index in [0.29, 0.717) is 18.8 Å². The Morgan fingerprint density at radius 3 is 2.55 bits per heavy atom. The number of carbonyl (C=O) groups is 1. The molecule has 3 rings (SSSR count). The molecule has 0 unspecified atom stereocenters. The van der Waals surface area contributed by atoms with Crippen LogP contribution in [0.5, 0.6) is 0 Å². The molecule has 1 heterocycles. The molecule has 3 aromatic rings. The van der Waals surface area contributed by atoms with Gasteiger partial charge in [-0.2, -0.15) is 5.10 Å². The highest BCUT2D eigenvalue weighted by Crippen LogP contribution is 2.31. The van der Waals surface area contributed by atoms with Crippen molar-refractivity contribution in [2.75, 3.05) is 19.0 Å². The van der Waals surface area contributed by atoms with E-state index in [0.717, 1.165) is 4.90 Å². The van der Waals surface area contributed by atoms with E-state index >= 15 is 0 Å². The van der Waals surface area contributed by atoms with Crippen LogP contribution >= 0.6 is 11.8 Å². The minimum atomic E-state index is -0.369. The molecule has 0 radical (unpaired) electrons. The maximum absolute atomic E-state index is 12.5. The SMILES string of the molecule is COCCn1nc(C(=O)Nc2ccc(Sc3ccc(C)cc3C)cc2)ccc1=O. The van der Waals surface area contributed by atoms with Crippen LogP contribution in [0, 0.1) is 13.8 Å². The molecule has 1 amide bonds. The molecule has 0 spiro atoms. The smallest absolute Gasteiger partial charge is 0.276 e. The number of ether oxygens (including phenoxy) is 1. The zero-order valence-electron chi connectivity index (χ0n) is 16.6. The number of nitrogens with zero attached hydrogens (tertiary/aromatic N) is 2. The van der Waals surface area contributed by atoms with Crippen molar-refractivity contribution in [1.29, 1.82) is 0 Å². The molecule has 0 aliphatic heterocycles. The highest BCUT2D eigenvalue weighted by atomic mass is 32.2. The second-order valence-electron chi connectivity index (χ2n) is 6.62. The molecule has 0 saturated carbocycles. The van der Waals surface area contributed by atoms with Gasteiger partial charge < -0.3 is 10.1 Å². The Morgan fingerprint density at radius 1 is 1.10 bits per heavy atom. The topological polar surface area (TPSA) is 73.2 Å². The number of rotatable bonds is 7. The van der Waals surface area contributed by atoms with E-state index in [1.54, 1.807) is 18.9 Å². The number of carbonyl (C=O) groups excluding carboxylic acids is 1. The Morgan fingerprint density at radius 2 is 1.86 bits per heavy atom. The van der Waals surface area contributed by atoms with Crippen LogP contribution in [0.4, 0.5) is 5.69 Å². The Kier molecular flexibility index (Phi) is 6.85. The molecule has 0 saturated heterocycles. The Hall–Kier alpha value is -2.90. The summed E-state index contributed by atoms with van der Waals surface area (Å²) < 4.78 is 6.19. The van der Waals surface area contributed by atoms with Gasteiger partial charge in [0.25, 0.3) is 11.5 Å². The van der Waals surface area contributed by atoms with Gasteiger partial charge in [-0.05, 0) is 55.8 Å². The summed E-state index contributed by atoms with van der Waals surface area (Å²) in [5, 5.41) is 6.92. The van der Waals surface area contributed by atoms with Crippen molar-refractivity contribution in [2.24, 2.45) is 0 Å². The van der Waals surface area contributed by atoms with Crippen LogP contribution in [0.2, 0.25) is 0 Å². The second-order valence-corrected chi connectivity index (χ2v) is 7.74. The number of methoxy groups -OCH3 is 1. The Bertz CT molecular complexity index is 1060. The third kappa shape index (κ3) is 5.56. The maximum Gasteiger partial charge on any atom is 0.276 e. The van der Waals surface area contributed by atoms with E-state index in [1.165, 1.54) is 32.8 Å². The summed E-state index contributed by atoms with van der Waals surface area (Å²) >= 11 is 1.68. The molecule has 29 heavy (non-hydrogen) atoms. The summed E-state index contributed by atoms with van der Waals surface area (Å²) in [6.07, 6.45) is 0. The lowest BCUT2D eigenvalue weighted by Crippen LogP contribution is -2.27. The molecule has 1 aromatic heterocycles. The van der Waals surface area contributed by atoms with Crippen LogP contribution < -0.4 is 10.9 Å². The van der Waals surface area contributed by atoms with E-state index in [9.17, 15) is 9.59 Å². The van der Waals surface area contributed by atoms with Gasteiger partial charge in [0.2, 0.25) is 0 Å². The molecule has 0 aliphatic rings. The molecule has 0 bridgehead atoms. The normalized spacial score (nSPS) is 10.7. The summed E-state index contributed by atoms with van der Waals surface area (Å²) in [5.41, 5.74) is 3.05. The van der Waals surface area contributed by atoms with Crippen molar-refractivity contribution in [3.63, 3.8) is 0 Å². The van der Waals surface area contributed by atoms with Crippen LogP contribution in [0.1, 0.15) is 21.6 Å². The fourth-order valence-electron chi connectivity index (χ4n) is 2.75. The van der Waals surface area contributed by atoms with Crippen molar-refractivity contribution in [2.45, 2.75) is 30.2 Å². The first-order valence-electron chi connectivity index (χ1n) is 9.20. The lowest BCUT2D eigenvalue weighted by atomic mass is 10.2. The maximum atomic E-state index is 12.5. The highest BCUT2D eigenvalue weighted by molar-refractivity contribution is 7.99. The standard InChI is InChI=1S/C22H23N3O3S/c1-15-4-10-20(16(2)14-15)29-18-7-5-17(6-8-18)23-22(27)19-9-11-21(26)25(24-19)12-13-28-3/h4-11,14H,12-13H2,1-3H3,(H,23,27). The lowest BCUT2D eigenvalue weighted by Gasteiger charge is -2.09. The molecule has 0 fully saturated rings. The fourth-order valence-corrected chi connectivity index (χ4v) is 3.63.